The first kappa shape index (κ1) is 14.4. The molecule has 1 aliphatic rings. The minimum atomic E-state index is 0.170. The van der Waals surface area contributed by atoms with Crippen molar-refractivity contribution in [3.63, 3.8) is 0 Å². The number of nitrogen functional groups attached to an aromatic ring is 1. The molecule has 1 aromatic heterocycles. The van der Waals surface area contributed by atoms with Crippen LogP contribution in [0.5, 0.6) is 0 Å². The molecule has 0 bridgehead atoms. The maximum Gasteiger partial charge on any atom is 0.209 e. The van der Waals surface area contributed by atoms with Crippen molar-refractivity contribution in [3.05, 3.63) is 24.1 Å². The lowest BCUT2D eigenvalue weighted by Crippen LogP contribution is -2.38. The molecule has 0 unspecified atom stereocenters. The largest absolute Gasteiger partial charge is 0.439 e. The highest BCUT2D eigenvalue weighted by atomic mass is 16.3. The van der Waals surface area contributed by atoms with Crippen molar-refractivity contribution in [2.24, 2.45) is 0 Å². The van der Waals surface area contributed by atoms with E-state index < -0.39 is 0 Å². The van der Waals surface area contributed by atoms with Crippen LogP contribution in [0.15, 0.2) is 22.6 Å². The summed E-state index contributed by atoms with van der Waals surface area (Å²) in [7, 11) is 0. The monoisotopic (exact) mass is 289 g/mol. The van der Waals surface area contributed by atoms with Crippen LogP contribution in [-0.4, -0.2) is 34.2 Å². The maximum absolute atomic E-state index is 9.31. The van der Waals surface area contributed by atoms with E-state index in [-0.39, 0.29) is 6.61 Å². The molecule has 0 aliphatic heterocycles. The van der Waals surface area contributed by atoms with Gasteiger partial charge in [0.2, 0.25) is 5.89 Å². The Labute approximate surface area is 124 Å². The number of hydrogen-bond donors (Lipinski definition) is 2. The molecule has 3 N–H and O–H groups in total. The summed E-state index contributed by atoms with van der Waals surface area (Å²) in [5, 5.41) is 9.31. The lowest BCUT2D eigenvalue weighted by molar-refractivity contribution is 0.108. The number of oxazole rings is 1. The second-order valence-electron chi connectivity index (χ2n) is 5.82. The number of benzene rings is 1. The number of anilines is 1. The van der Waals surface area contributed by atoms with E-state index in [0.29, 0.717) is 30.7 Å². The van der Waals surface area contributed by atoms with Crippen LogP contribution in [0.2, 0.25) is 0 Å². The molecular formula is C16H23N3O2. The van der Waals surface area contributed by atoms with Crippen LogP contribution >= 0.6 is 0 Å². The van der Waals surface area contributed by atoms with Crippen molar-refractivity contribution in [2.75, 3.05) is 18.9 Å². The van der Waals surface area contributed by atoms with E-state index in [1.165, 1.54) is 32.1 Å². The van der Waals surface area contributed by atoms with E-state index in [0.717, 1.165) is 11.1 Å². The highest BCUT2D eigenvalue weighted by molar-refractivity contribution is 5.76. The molecule has 2 aromatic rings. The van der Waals surface area contributed by atoms with Crippen molar-refractivity contribution in [2.45, 2.75) is 44.7 Å². The molecule has 0 spiro atoms. The molecule has 0 amide bonds. The zero-order valence-corrected chi connectivity index (χ0v) is 12.3. The SMILES string of the molecule is Nc1ccc2nc(CN(CCO)C3CCCCC3)oc2c1. The minimum absolute atomic E-state index is 0.170. The van der Waals surface area contributed by atoms with Gasteiger partial charge in [-0.3, -0.25) is 4.90 Å². The van der Waals surface area contributed by atoms with Gasteiger partial charge in [-0.2, -0.15) is 0 Å². The number of aliphatic hydroxyl groups excluding tert-OH is 1. The van der Waals surface area contributed by atoms with Gasteiger partial charge in [-0.05, 0) is 25.0 Å². The molecule has 0 radical (unpaired) electrons. The summed E-state index contributed by atoms with van der Waals surface area (Å²) in [6, 6.07) is 6.06. The lowest BCUT2D eigenvalue weighted by atomic mass is 9.94. The van der Waals surface area contributed by atoms with E-state index >= 15 is 0 Å². The third-order valence-electron chi connectivity index (χ3n) is 4.27. The highest BCUT2D eigenvalue weighted by Gasteiger charge is 2.22. The Morgan fingerprint density at radius 3 is 2.86 bits per heavy atom. The van der Waals surface area contributed by atoms with Crippen molar-refractivity contribution in [1.29, 1.82) is 0 Å². The first-order valence-electron chi connectivity index (χ1n) is 7.76. The third kappa shape index (κ3) is 3.36. The summed E-state index contributed by atoms with van der Waals surface area (Å²) in [6.45, 7) is 1.50. The first-order chi connectivity index (χ1) is 10.3. The Balaban J connectivity index is 1.76. The Morgan fingerprint density at radius 2 is 2.10 bits per heavy atom. The molecule has 5 nitrogen and oxygen atoms in total. The average Bonchev–Trinajstić information content (AvgIpc) is 2.89. The minimum Gasteiger partial charge on any atom is -0.439 e. The van der Waals surface area contributed by atoms with Crippen molar-refractivity contribution in [1.82, 2.24) is 9.88 Å². The lowest BCUT2D eigenvalue weighted by Gasteiger charge is -2.32. The summed E-state index contributed by atoms with van der Waals surface area (Å²) >= 11 is 0. The summed E-state index contributed by atoms with van der Waals surface area (Å²) in [4.78, 5) is 6.82. The van der Waals surface area contributed by atoms with Gasteiger partial charge < -0.3 is 15.3 Å². The number of fused-ring (bicyclic) bond motifs is 1. The molecule has 3 rings (SSSR count). The normalized spacial score (nSPS) is 16.9. The number of nitrogens with zero attached hydrogens (tertiary/aromatic N) is 2. The summed E-state index contributed by atoms with van der Waals surface area (Å²) < 4.78 is 5.80. The van der Waals surface area contributed by atoms with Crippen LogP contribution in [0.3, 0.4) is 0 Å². The van der Waals surface area contributed by atoms with Gasteiger partial charge in [-0.25, -0.2) is 4.98 Å². The smallest absolute Gasteiger partial charge is 0.209 e. The van der Waals surface area contributed by atoms with Crippen LogP contribution in [-0.2, 0) is 6.54 Å². The number of rotatable bonds is 5. The van der Waals surface area contributed by atoms with Gasteiger partial charge in [-0.15, -0.1) is 0 Å². The number of aliphatic hydroxyl groups is 1. The molecule has 0 saturated heterocycles. The molecule has 0 atom stereocenters. The molecule has 1 aliphatic carbocycles. The molecule has 1 aromatic carbocycles. The van der Waals surface area contributed by atoms with Crippen LogP contribution in [0, 0.1) is 0 Å². The van der Waals surface area contributed by atoms with Crippen molar-refractivity contribution >= 4 is 16.8 Å². The van der Waals surface area contributed by atoms with Gasteiger partial charge in [0.15, 0.2) is 5.58 Å². The standard InChI is InChI=1S/C16H23N3O2/c17-12-6-7-14-15(10-12)21-16(18-14)11-19(8-9-20)13-4-2-1-3-5-13/h6-7,10,13,20H,1-5,8-9,11,17H2. The van der Waals surface area contributed by atoms with E-state index in [9.17, 15) is 5.11 Å². The Bertz CT molecular complexity index is 590. The predicted octanol–water partition coefficient (Wildman–Crippen LogP) is 2.54. The number of hydrogen-bond acceptors (Lipinski definition) is 5. The van der Waals surface area contributed by atoms with Gasteiger partial charge in [0.25, 0.3) is 0 Å². The molecular weight excluding hydrogens is 266 g/mol. The quantitative estimate of drug-likeness (QED) is 0.827. The van der Waals surface area contributed by atoms with Crippen LogP contribution in [0.1, 0.15) is 38.0 Å². The molecule has 21 heavy (non-hydrogen) atoms. The highest BCUT2D eigenvalue weighted by Crippen LogP contribution is 2.25. The fraction of sp³-hybridized carbons (Fsp3) is 0.562. The van der Waals surface area contributed by atoms with Gasteiger partial charge in [0.1, 0.15) is 5.52 Å². The van der Waals surface area contributed by atoms with Gasteiger partial charge in [-0.1, -0.05) is 19.3 Å². The van der Waals surface area contributed by atoms with Crippen LogP contribution in [0.4, 0.5) is 5.69 Å². The molecule has 1 saturated carbocycles. The van der Waals surface area contributed by atoms with Crippen molar-refractivity contribution in [3.8, 4) is 0 Å². The fourth-order valence-corrected chi connectivity index (χ4v) is 3.20. The van der Waals surface area contributed by atoms with Gasteiger partial charge in [0, 0.05) is 24.3 Å². The number of nitrogens with two attached hydrogens (primary N) is 1. The summed E-state index contributed by atoms with van der Waals surface area (Å²) in [5.41, 5.74) is 8.03. The topological polar surface area (TPSA) is 75.5 Å². The predicted molar refractivity (Wildman–Crippen MR) is 82.8 cm³/mol. The second kappa shape index (κ2) is 6.45. The summed E-state index contributed by atoms with van der Waals surface area (Å²) in [5.74, 6) is 0.703. The maximum atomic E-state index is 9.31. The molecule has 1 fully saturated rings. The Hall–Kier alpha value is -1.59. The second-order valence-corrected chi connectivity index (χ2v) is 5.82. The van der Waals surface area contributed by atoms with Crippen LogP contribution < -0.4 is 5.73 Å². The fourth-order valence-electron chi connectivity index (χ4n) is 3.20. The average molecular weight is 289 g/mol. The van der Waals surface area contributed by atoms with Gasteiger partial charge in [0.05, 0.1) is 13.2 Å². The van der Waals surface area contributed by atoms with Crippen molar-refractivity contribution < 1.29 is 9.52 Å². The van der Waals surface area contributed by atoms with E-state index in [1.54, 1.807) is 0 Å². The zero-order chi connectivity index (χ0) is 14.7. The van der Waals surface area contributed by atoms with E-state index in [4.69, 9.17) is 10.2 Å². The summed E-state index contributed by atoms with van der Waals surface area (Å²) in [6.07, 6.45) is 6.28. The van der Waals surface area contributed by atoms with Gasteiger partial charge >= 0.3 is 0 Å². The molecule has 114 valence electrons. The van der Waals surface area contributed by atoms with E-state index in [2.05, 4.69) is 9.88 Å². The Morgan fingerprint density at radius 1 is 1.29 bits per heavy atom. The first-order valence-corrected chi connectivity index (χ1v) is 7.76. The van der Waals surface area contributed by atoms with Crippen LogP contribution in [0.25, 0.3) is 11.1 Å². The third-order valence-corrected chi connectivity index (χ3v) is 4.27. The van der Waals surface area contributed by atoms with E-state index in [1.807, 2.05) is 18.2 Å². The zero-order valence-electron chi connectivity index (χ0n) is 12.3. The Kier molecular flexibility index (Phi) is 4.41. The molecule has 1 heterocycles. The molecule has 5 heteroatoms. The number of aromatic nitrogens is 1.